The number of halogens is 1. The highest BCUT2D eigenvalue weighted by Gasteiger charge is 2.67. The van der Waals surface area contributed by atoms with Crippen LogP contribution in [-0.2, 0) is 14.2 Å². The standard InChI is InChI=1S/C11H15FO4/c1-5-6(12)4-11(13)7(5)14-9-8(11)15-10(2,3)16-9/h6-9,13H,1,4H2,2-3H3/t6-,7+,8-,9+,11+/m0/s1. The second kappa shape index (κ2) is 2.85. The summed E-state index contributed by atoms with van der Waals surface area (Å²) in [5.41, 5.74) is -1.06. The quantitative estimate of drug-likeness (QED) is 0.628. The molecule has 0 aromatic heterocycles. The number of aliphatic hydroxyl groups is 1. The largest absolute Gasteiger partial charge is 0.384 e. The summed E-state index contributed by atoms with van der Waals surface area (Å²) >= 11 is 0. The first kappa shape index (κ1) is 10.7. The lowest BCUT2D eigenvalue weighted by Gasteiger charge is -2.28. The lowest BCUT2D eigenvalue weighted by Crippen LogP contribution is -2.45. The van der Waals surface area contributed by atoms with Crippen LogP contribution in [0, 0.1) is 0 Å². The summed E-state index contributed by atoms with van der Waals surface area (Å²) in [6.07, 6.45) is -3.24. The Hall–Kier alpha value is -0.490. The summed E-state index contributed by atoms with van der Waals surface area (Å²) in [6.45, 7) is 7.10. The zero-order valence-electron chi connectivity index (χ0n) is 9.27. The maximum atomic E-state index is 13.5. The van der Waals surface area contributed by atoms with Gasteiger partial charge < -0.3 is 19.3 Å². The molecular weight excluding hydrogens is 215 g/mol. The Balaban J connectivity index is 1.93. The van der Waals surface area contributed by atoms with Gasteiger partial charge in [0.2, 0.25) is 0 Å². The van der Waals surface area contributed by atoms with Crippen LogP contribution in [0.5, 0.6) is 0 Å². The van der Waals surface area contributed by atoms with Gasteiger partial charge >= 0.3 is 0 Å². The molecular formula is C11H15FO4. The zero-order valence-corrected chi connectivity index (χ0v) is 9.27. The number of fused-ring (bicyclic) bond motifs is 3. The van der Waals surface area contributed by atoms with Crippen molar-refractivity contribution in [2.75, 3.05) is 0 Å². The summed E-state index contributed by atoms with van der Waals surface area (Å²) in [6, 6.07) is 0. The Bertz CT molecular complexity index is 356. The van der Waals surface area contributed by atoms with E-state index in [9.17, 15) is 9.50 Å². The number of rotatable bonds is 0. The van der Waals surface area contributed by atoms with Crippen molar-refractivity contribution >= 4 is 0 Å². The van der Waals surface area contributed by atoms with E-state index in [0.29, 0.717) is 0 Å². The molecule has 5 heteroatoms. The van der Waals surface area contributed by atoms with Crippen molar-refractivity contribution in [3.63, 3.8) is 0 Å². The summed E-state index contributed by atoms with van der Waals surface area (Å²) < 4.78 is 30.1. The van der Waals surface area contributed by atoms with Crippen molar-refractivity contribution in [1.82, 2.24) is 0 Å². The third-order valence-electron chi connectivity index (χ3n) is 3.52. The number of hydrogen-bond acceptors (Lipinski definition) is 4. The van der Waals surface area contributed by atoms with Gasteiger partial charge in [0.15, 0.2) is 12.1 Å². The molecule has 4 nitrogen and oxygen atoms in total. The number of hydrogen-bond donors (Lipinski definition) is 1. The summed E-state index contributed by atoms with van der Waals surface area (Å²) in [5.74, 6) is -0.800. The Morgan fingerprint density at radius 2 is 2.12 bits per heavy atom. The van der Waals surface area contributed by atoms with Crippen LogP contribution >= 0.6 is 0 Å². The molecule has 1 aliphatic carbocycles. The van der Waals surface area contributed by atoms with Crippen LogP contribution in [0.4, 0.5) is 4.39 Å². The molecule has 3 rings (SSSR count). The summed E-state index contributed by atoms with van der Waals surface area (Å²) in [7, 11) is 0. The Morgan fingerprint density at radius 3 is 2.81 bits per heavy atom. The average Bonchev–Trinajstić information content (AvgIpc) is 2.65. The first-order chi connectivity index (χ1) is 7.33. The second-order valence-electron chi connectivity index (χ2n) is 5.18. The highest BCUT2D eigenvalue weighted by molar-refractivity contribution is 5.29. The third-order valence-corrected chi connectivity index (χ3v) is 3.52. The van der Waals surface area contributed by atoms with Gasteiger partial charge in [-0.2, -0.15) is 0 Å². The van der Waals surface area contributed by atoms with E-state index in [1.165, 1.54) is 0 Å². The molecule has 0 bridgehead atoms. The topological polar surface area (TPSA) is 47.9 Å². The van der Waals surface area contributed by atoms with Crippen LogP contribution < -0.4 is 0 Å². The van der Waals surface area contributed by atoms with Crippen molar-refractivity contribution in [3.05, 3.63) is 12.2 Å². The number of ether oxygens (including phenoxy) is 3. The fraction of sp³-hybridized carbons (Fsp3) is 0.818. The average molecular weight is 230 g/mol. The number of alkyl halides is 1. The van der Waals surface area contributed by atoms with Gasteiger partial charge in [-0.25, -0.2) is 4.39 Å². The van der Waals surface area contributed by atoms with Gasteiger partial charge in [-0.15, -0.1) is 0 Å². The minimum atomic E-state index is -1.34. The highest BCUT2D eigenvalue weighted by atomic mass is 19.1. The van der Waals surface area contributed by atoms with Gasteiger partial charge in [0.1, 0.15) is 24.0 Å². The van der Waals surface area contributed by atoms with Crippen molar-refractivity contribution in [2.45, 2.75) is 56.3 Å². The van der Waals surface area contributed by atoms with Crippen LogP contribution in [0.2, 0.25) is 0 Å². The van der Waals surface area contributed by atoms with E-state index in [-0.39, 0.29) is 12.0 Å². The molecule has 1 N–H and O–H groups in total. The van der Waals surface area contributed by atoms with E-state index in [4.69, 9.17) is 14.2 Å². The molecule has 0 spiro atoms. The SMILES string of the molecule is C=C1[C@H]2O[C@@H]3OC(C)(C)O[C@@H]3[C@@]2(O)C[C@@H]1F. The van der Waals surface area contributed by atoms with Crippen LogP contribution in [0.25, 0.3) is 0 Å². The van der Waals surface area contributed by atoms with Gasteiger partial charge in [0.05, 0.1) is 0 Å². The first-order valence-electron chi connectivity index (χ1n) is 5.40. The predicted octanol–water partition coefficient (Wildman–Crippen LogP) is 0.892. The van der Waals surface area contributed by atoms with Crippen molar-refractivity contribution < 1.29 is 23.7 Å². The molecule has 2 saturated heterocycles. The fourth-order valence-corrected chi connectivity index (χ4v) is 2.78. The minimum absolute atomic E-state index is 0.0306. The Labute approximate surface area is 93.0 Å². The van der Waals surface area contributed by atoms with Crippen LogP contribution in [0.15, 0.2) is 12.2 Å². The minimum Gasteiger partial charge on any atom is -0.384 e. The molecule has 0 amide bonds. The van der Waals surface area contributed by atoms with Gasteiger partial charge in [0, 0.05) is 6.42 Å². The molecule has 0 aromatic carbocycles. The van der Waals surface area contributed by atoms with Gasteiger partial charge in [0.25, 0.3) is 0 Å². The van der Waals surface area contributed by atoms with E-state index in [1.54, 1.807) is 13.8 Å². The lowest BCUT2D eigenvalue weighted by molar-refractivity contribution is -0.220. The zero-order chi connectivity index (χ0) is 11.7. The van der Waals surface area contributed by atoms with Crippen molar-refractivity contribution in [2.24, 2.45) is 0 Å². The van der Waals surface area contributed by atoms with Crippen molar-refractivity contribution in [1.29, 1.82) is 0 Å². The lowest BCUT2D eigenvalue weighted by atomic mass is 9.94. The van der Waals surface area contributed by atoms with Crippen LogP contribution in [-0.4, -0.2) is 41.2 Å². The molecule has 2 heterocycles. The molecule has 3 fully saturated rings. The van der Waals surface area contributed by atoms with E-state index in [0.717, 1.165) is 0 Å². The fourth-order valence-electron chi connectivity index (χ4n) is 2.78. The molecule has 0 radical (unpaired) electrons. The van der Waals surface area contributed by atoms with E-state index < -0.39 is 36.1 Å². The maximum Gasteiger partial charge on any atom is 0.190 e. The first-order valence-corrected chi connectivity index (χ1v) is 5.40. The van der Waals surface area contributed by atoms with Gasteiger partial charge in [-0.05, 0) is 19.4 Å². The normalized spacial score (nSPS) is 54.1. The van der Waals surface area contributed by atoms with Gasteiger partial charge in [-0.1, -0.05) is 6.58 Å². The second-order valence-corrected chi connectivity index (χ2v) is 5.18. The van der Waals surface area contributed by atoms with Crippen molar-refractivity contribution in [3.8, 4) is 0 Å². The molecule has 3 aliphatic rings. The molecule has 5 atom stereocenters. The van der Waals surface area contributed by atoms with Gasteiger partial charge in [-0.3, -0.25) is 0 Å². The molecule has 0 aromatic rings. The van der Waals surface area contributed by atoms with E-state index in [2.05, 4.69) is 6.58 Å². The molecule has 2 aliphatic heterocycles. The highest BCUT2D eigenvalue weighted by Crippen LogP contribution is 2.51. The third kappa shape index (κ3) is 1.17. The van der Waals surface area contributed by atoms with E-state index >= 15 is 0 Å². The molecule has 0 unspecified atom stereocenters. The molecule has 16 heavy (non-hydrogen) atoms. The Morgan fingerprint density at radius 1 is 1.44 bits per heavy atom. The summed E-state index contributed by atoms with van der Waals surface area (Å²) in [4.78, 5) is 0. The van der Waals surface area contributed by atoms with E-state index in [1.807, 2.05) is 0 Å². The molecule has 1 saturated carbocycles. The van der Waals surface area contributed by atoms with Crippen LogP contribution in [0.1, 0.15) is 20.3 Å². The Kier molecular flexibility index (Phi) is 1.89. The van der Waals surface area contributed by atoms with Crippen LogP contribution in [0.3, 0.4) is 0 Å². The maximum absolute atomic E-state index is 13.5. The smallest absolute Gasteiger partial charge is 0.190 e. The summed E-state index contributed by atoms with van der Waals surface area (Å²) in [5, 5.41) is 10.4. The predicted molar refractivity (Wildman–Crippen MR) is 52.3 cm³/mol. The monoisotopic (exact) mass is 230 g/mol. The molecule has 90 valence electrons.